The number of alkyl halides is 3. The van der Waals surface area contributed by atoms with E-state index in [1.807, 2.05) is 6.92 Å². The molecule has 2 nitrogen and oxygen atoms in total. The van der Waals surface area contributed by atoms with Crippen LogP contribution in [0.15, 0.2) is 30.3 Å². The molecule has 1 aromatic heterocycles. The number of hydrogen-bond acceptors (Lipinski definition) is 2. The zero-order chi connectivity index (χ0) is 14.9. The molecule has 0 fully saturated rings. The molecule has 2 aromatic rings. The Bertz CT molecular complexity index is 646. The number of hydrogen-bond donors (Lipinski definition) is 1. The molecular formula is C14H12F3NOS. The number of nitrogens with one attached hydrogen (secondary N) is 1. The lowest BCUT2D eigenvalue weighted by molar-refractivity contribution is -0.138. The van der Waals surface area contributed by atoms with E-state index in [-0.39, 0.29) is 11.3 Å². The molecule has 0 saturated heterocycles. The number of carbonyl (C=O) groups excluding carboxylic acids is 1. The van der Waals surface area contributed by atoms with Crippen molar-refractivity contribution in [2.75, 3.05) is 5.32 Å². The van der Waals surface area contributed by atoms with Gasteiger partial charge in [-0.2, -0.15) is 13.2 Å². The molecule has 0 spiro atoms. The fourth-order valence-electron chi connectivity index (χ4n) is 1.75. The summed E-state index contributed by atoms with van der Waals surface area (Å²) in [6.07, 6.45) is -4.43. The van der Waals surface area contributed by atoms with Crippen molar-refractivity contribution in [3.63, 3.8) is 0 Å². The lowest BCUT2D eigenvalue weighted by Crippen LogP contribution is -2.12. The third-order valence-electron chi connectivity index (χ3n) is 2.76. The first-order valence-corrected chi connectivity index (χ1v) is 6.64. The van der Waals surface area contributed by atoms with Crippen LogP contribution < -0.4 is 5.32 Å². The number of rotatable bonds is 2. The van der Waals surface area contributed by atoms with E-state index in [1.165, 1.54) is 30.4 Å². The van der Waals surface area contributed by atoms with Crippen LogP contribution in [0.5, 0.6) is 0 Å². The van der Waals surface area contributed by atoms with Crippen LogP contribution in [0.2, 0.25) is 0 Å². The lowest BCUT2D eigenvalue weighted by atomic mass is 10.1. The van der Waals surface area contributed by atoms with Crippen molar-refractivity contribution in [3.8, 4) is 0 Å². The molecule has 1 heterocycles. The first-order valence-electron chi connectivity index (χ1n) is 5.83. The minimum absolute atomic E-state index is 0.127. The lowest BCUT2D eigenvalue weighted by Gasteiger charge is -2.12. The summed E-state index contributed by atoms with van der Waals surface area (Å²) < 4.78 is 38.3. The van der Waals surface area contributed by atoms with Gasteiger partial charge in [0.15, 0.2) is 0 Å². The van der Waals surface area contributed by atoms with E-state index in [0.29, 0.717) is 4.88 Å². The van der Waals surface area contributed by atoms with Crippen LogP contribution >= 0.6 is 11.3 Å². The largest absolute Gasteiger partial charge is 0.416 e. The second-order valence-corrected chi connectivity index (χ2v) is 5.68. The van der Waals surface area contributed by atoms with Crippen LogP contribution in [-0.4, -0.2) is 5.91 Å². The van der Waals surface area contributed by atoms with Gasteiger partial charge in [-0.1, -0.05) is 6.07 Å². The van der Waals surface area contributed by atoms with E-state index >= 15 is 0 Å². The van der Waals surface area contributed by atoms with Crippen LogP contribution in [0.1, 0.15) is 25.7 Å². The maximum Gasteiger partial charge on any atom is 0.416 e. The van der Waals surface area contributed by atoms with Crippen molar-refractivity contribution in [3.05, 3.63) is 51.2 Å². The normalized spacial score (nSPS) is 11.4. The van der Waals surface area contributed by atoms with Crippen LogP contribution in [0.4, 0.5) is 18.9 Å². The fourth-order valence-corrected chi connectivity index (χ4v) is 2.52. The predicted octanol–water partition coefficient (Wildman–Crippen LogP) is 4.64. The maximum atomic E-state index is 12.8. The van der Waals surface area contributed by atoms with Gasteiger partial charge in [0, 0.05) is 10.6 Å². The van der Waals surface area contributed by atoms with Gasteiger partial charge in [0.25, 0.3) is 5.91 Å². The molecule has 0 aliphatic carbocycles. The highest BCUT2D eigenvalue weighted by Gasteiger charge is 2.32. The number of benzene rings is 1. The molecule has 1 N–H and O–H groups in total. The molecule has 1 amide bonds. The minimum atomic E-state index is -4.43. The van der Waals surface area contributed by atoms with Crippen LogP contribution in [0, 0.1) is 13.8 Å². The number of amides is 1. The van der Waals surface area contributed by atoms with Crippen molar-refractivity contribution in [1.29, 1.82) is 0 Å². The number of thiophene rings is 1. The number of carbonyl (C=O) groups is 1. The van der Waals surface area contributed by atoms with Gasteiger partial charge in [-0.3, -0.25) is 4.79 Å². The van der Waals surface area contributed by atoms with E-state index in [9.17, 15) is 18.0 Å². The second-order valence-electron chi connectivity index (χ2n) is 4.39. The van der Waals surface area contributed by atoms with Crippen LogP contribution in [-0.2, 0) is 6.18 Å². The van der Waals surface area contributed by atoms with Gasteiger partial charge in [0.05, 0.1) is 10.4 Å². The molecule has 0 radical (unpaired) electrons. The molecule has 1 aromatic carbocycles. The zero-order valence-electron chi connectivity index (χ0n) is 10.8. The fraction of sp³-hybridized carbons (Fsp3) is 0.214. The average Bonchev–Trinajstić information content (AvgIpc) is 2.77. The van der Waals surface area contributed by atoms with E-state index in [2.05, 4.69) is 5.32 Å². The molecule has 0 aliphatic heterocycles. The molecule has 6 heteroatoms. The molecule has 2 rings (SSSR count). The van der Waals surface area contributed by atoms with Gasteiger partial charge < -0.3 is 5.32 Å². The highest BCUT2D eigenvalue weighted by atomic mass is 32.1. The highest BCUT2D eigenvalue weighted by molar-refractivity contribution is 7.14. The molecule has 0 atom stereocenters. The second kappa shape index (κ2) is 5.28. The van der Waals surface area contributed by atoms with Gasteiger partial charge in [-0.05, 0) is 43.7 Å². The summed E-state index contributed by atoms with van der Waals surface area (Å²) in [7, 11) is 0. The number of aryl methyl sites for hydroxylation is 2. The van der Waals surface area contributed by atoms with Crippen molar-refractivity contribution in [2.45, 2.75) is 20.0 Å². The van der Waals surface area contributed by atoms with Gasteiger partial charge in [0.2, 0.25) is 0 Å². The van der Waals surface area contributed by atoms with Gasteiger partial charge >= 0.3 is 6.18 Å². The van der Waals surface area contributed by atoms with Gasteiger partial charge in [0.1, 0.15) is 0 Å². The quantitative estimate of drug-likeness (QED) is 0.860. The van der Waals surface area contributed by atoms with E-state index in [4.69, 9.17) is 0 Å². The Balaban J connectivity index is 2.24. The summed E-state index contributed by atoms with van der Waals surface area (Å²) in [4.78, 5) is 13.3. The number of halogens is 3. The average molecular weight is 299 g/mol. The molecule has 0 unspecified atom stereocenters. The van der Waals surface area contributed by atoms with Crippen molar-refractivity contribution >= 4 is 22.9 Å². The minimum Gasteiger partial charge on any atom is -0.321 e. The van der Waals surface area contributed by atoms with E-state index < -0.39 is 17.6 Å². The Hall–Kier alpha value is -1.82. The highest BCUT2D eigenvalue weighted by Crippen LogP contribution is 2.33. The first kappa shape index (κ1) is 14.6. The summed E-state index contributed by atoms with van der Waals surface area (Å²) >= 11 is 1.29. The molecule has 106 valence electrons. The molecule has 0 saturated carbocycles. The van der Waals surface area contributed by atoms with Crippen molar-refractivity contribution < 1.29 is 18.0 Å². The monoisotopic (exact) mass is 299 g/mol. The summed E-state index contributed by atoms with van der Waals surface area (Å²) in [6, 6.07) is 7.19. The number of anilines is 1. The zero-order valence-corrected chi connectivity index (χ0v) is 11.7. The van der Waals surface area contributed by atoms with Gasteiger partial charge in [-0.25, -0.2) is 0 Å². The molecule has 20 heavy (non-hydrogen) atoms. The predicted molar refractivity (Wildman–Crippen MR) is 73.2 cm³/mol. The standard InChI is InChI=1S/C14H12F3NOS/c1-8-3-5-10(7-11(8)14(15,16)17)18-13(19)12-6-4-9(2)20-12/h3-7H,1-2H3,(H,18,19). The summed E-state index contributed by atoms with van der Waals surface area (Å²) in [6.45, 7) is 3.24. The van der Waals surface area contributed by atoms with Gasteiger partial charge in [-0.15, -0.1) is 11.3 Å². The first-order chi connectivity index (χ1) is 9.27. The summed E-state index contributed by atoms with van der Waals surface area (Å²) in [5.41, 5.74) is -0.473. The Morgan fingerprint density at radius 1 is 1.15 bits per heavy atom. The summed E-state index contributed by atoms with van der Waals surface area (Å²) in [5.74, 6) is -0.403. The van der Waals surface area contributed by atoms with Crippen molar-refractivity contribution in [1.82, 2.24) is 0 Å². The Morgan fingerprint density at radius 3 is 2.40 bits per heavy atom. The molecule has 0 bridgehead atoms. The molecule has 0 aliphatic rings. The SMILES string of the molecule is Cc1ccc(C(=O)Nc2ccc(C)c(C(F)(F)F)c2)s1. The smallest absolute Gasteiger partial charge is 0.321 e. The van der Waals surface area contributed by atoms with Crippen molar-refractivity contribution in [2.24, 2.45) is 0 Å². The Kier molecular flexibility index (Phi) is 3.85. The van der Waals surface area contributed by atoms with E-state index in [1.54, 1.807) is 12.1 Å². The topological polar surface area (TPSA) is 29.1 Å². The third-order valence-corrected chi connectivity index (χ3v) is 3.76. The Morgan fingerprint density at radius 2 is 1.85 bits per heavy atom. The van der Waals surface area contributed by atoms with Crippen LogP contribution in [0.3, 0.4) is 0 Å². The molecular weight excluding hydrogens is 287 g/mol. The van der Waals surface area contributed by atoms with Crippen LogP contribution in [0.25, 0.3) is 0 Å². The summed E-state index contributed by atoms with van der Waals surface area (Å²) in [5, 5.41) is 2.48. The third kappa shape index (κ3) is 3.19. The maximum absolute atomic E-state index is 12.8. The Labute approximate surface area is 118 Å². The van der Waals surface area contributed by atoms with E-state index in [0.717, 1.165) is 10.9 Å².